The summed E-state index contributed by atoms with van der Waals surface area (Å²) in [6.07, 6.45) is 8.14. The molecule has 0 heterocycles. The molecule has 0 unspecified atom stereocenters. The van der Waals surface area contributed by atoms with Crippen LogP contribution in [0, 0.1) is 0 Å². The molecule has 0 bridgehead atoms. The zero-order valence-electron chi connectivity index (χ0n) is 10.5. The molecule has 1 heteroatoms. The highest BCUT2D eigenvalue weighted by molar-refractivity contribution is 5.94. The van der Waals surface area contributed by atoms with Crippen LogP contribution in [0.4, 0.5) is 0 Å². The van der Waals surface area contributed by atoms with Crippen molar-refractivity contribution in [2.45, 2.75) is 34.6 Å². The van der Waals surface area contributed by atoms with Crippen LogP contribution in [-0.2, 0) is 0 Å². The molecule has 0 radical (unpaired) electrons. The Bertz CT molecular complexity index is 338. The summed E-state index contributed by atoms with van der Waals surface area (Å²) in [7, 11) is 0. The van der Waals surface area contributed by atoms with Crippen molar-refractivity contribution >= 4 is 5.71 Å². The minimum absolute atomic E-state index is 0.831. The van der Waals surface area contributed by atoms with Crippen LogP contribution in [-0.4, -0.2) is 5.71 Å². The Morgan fingerprint density at radius 2 is 1.60 bits per heavy atom. The van der Waals surface area contributed by atoms with Crippen LogP contribution in [0.25, 0.3) is 0 Å². The topological polar surface area (TPSA) is 12.4 Å². The lowest BCUT2D eigenvalue weighted by molar-refractivity contribution is 1.28. The first-order valence-electron chi connectivity index (χ1n) is 5.19. The molecule has 0 aromatic carbocycles. The molecule has 0 saturated heterocycles. The van der Waals surface area contributed by atoms with Gasteiger partial charge in [-0.15, -0.1) is 0 Å². The fourth-order valence-corrected chi connectivity index (χ4v) is 0.853. The van der Waals surface area contributed by atoms with E-state index in [0.717, 1.165) is 17.0 Å². The van der Waals surface area contributed by atoms with Crippen LogP contribution < -0.4 is 0 Å². The van der Waals surface area contributed by atoms with E-state index in [2.05, 4.69) is 30.6 Å². The second-order valence-electron chi connectivity index (χ2n) is 3.54. The third-order valence-corrected chi connectivity index (χ3v) is 2.24. The summed E-state index contributed by atoms with van der Waals surface area (Å²) in [4.78, 5) is 4.39. The highest BCUT2D eigenvalue weighted by atomic mass is 14.7. The van der Waals surface area contributed by atoms with Gasteiger partial charge in [-0.25, -0.2) is 0 Å². The number of allylic oxidation sites excluding steroid dienone is 6. The van der Waals surface area contributed by atoms with Gasteiger partial charge in [0.2, 0.25) is 0 Å². The van der Waals surface area contributed by atoms with Crippen molar-refractivity contribution in [1.82, 2.24) is 0 Å². The molecular weight excluding hydrogens is 182 g/mol. The van der Waals surface area contributed by atoms with E-state index in [-0.39, 0.29) is 0 Å². The SMILES string of the molecule is C=C(/N=C(C)/C=C/C(C)=C/C)/C(C)=C\C. The minimum Gasteiger partial charge on any atom is -0.254 e. The number of rotatable bonds is 4. The zero-order valence-corrected chi connectivity index (χ0v) is 10.5. The van der Waals surface area contributed by atoms with Crippen molar-refractivity contribution < 1.29 is 0 Å². The predicted octanol–water partition coefficient (Wildman–Crippen LogP) is 4.45. The zero-order chi connectivity index (χ0) is 11.8. The first-order chi connectivity index (χ1) is 7.01. The first kappa shape index (κ1) is 13.6. The highest BCUT2D eigenvalue weighted by Gasteiger charge is 1.92. The van der Waals surface area contributed by atoms with E-state index in [1.165, 1.54) is 5.57 Å². The Kier molecular flexibility index (Phi) is 6.35. The highest BCUT2D eigenvalue weighted by Crippen LogP contribution is 2.08. The van der Waals surface area contributed by atoms with Crippen molar-refractivity contribution in [3.8, 4) is 0 Å². The minimum atomic E-state index is 0.831. The molecule has 0 atom stereocenters. The number of hydrogen-bond donors (Lipinski definition) is 0. The van der Waals surface area contributed by atoms with Gasteiger partial charge in [-0.3, -0.25) is 4.99 Å². The van der Waals surface area contributed by atoms with Gasteiger partial charge in [-0.05, 0) is 46.3 Å². The molecule has 1 nitrogen and oxygen atoms in total. The van der Waals surface area contributed by atoms with Gasteiger partial charge >= 0.3 is 0 Å². The van der Waals surface area contributed by atoms with Gasteiger partial charge in [-0.2, -0.15) is 0 Å². The Morgan fingerprint density at radius 1 is 1.00 bits per heavy atom. The summed E-state index contributed by atoms with van der Waals surface area (Å²) >= 11 is 0. The molecule has 0 saturated carbocycles. The standard InChI is InChI=1S/C14H21N/c1-7-11(3)9-10-13(5)15-14(6)12(4)8-2/h7-10H,6H2,1-5H3/b10-9+,11-7+,12-8-,15-13+. The van der Waals surface area contributed by atoms with E-state index in [4.69, 9.17) is 0 Å². The summed E-state index contributed by atoms with van der Waals surface area (Å²) in [6, 6.07) is 0. The second kappa shape index (κ2) is 6.99. The van der Waals surface area contributed by atoms with Crippen molar-refractivity contribution in [2.75, 3.05) is 0 Å². The van der Waals surface area contributed by atoms with E-state index >= 15 is 0 Å². The third kappa shape index (κ3) is 5.84. The normalized spacial score (nSPS) is 14.9. The number of aliphatic imine (C=N–C) groups is 1. The maximum Gasteiger partial charge on any atom is 0.0586 e. The molecule has 0 aliphatic carbocycles. The maximum atomic E-state index is 4.39. The summed E-state index contributed by atoms with van der Waals surface area (Å²) in [5, 5.41) is 0. The summed E-state index contributed by atoms with van der Waals surface area (Å²) < 4.78 is 0. The molecule has 0 aliphatic rings. The lowest BCUT2D eigenvalue weighted by atomic mass is 10.2. The van der Waals surface area contributed by atoms with Crippen LogP contribution in [0.3, 0.4) is 0 Å². The Labute approximate surface area is 93.6 Å². The fourth-order valence-electron chi connectivity index (χ4n) is 0.853. The van der Waals surface area contributed by atoms with Gasteiger partial charge in [-0.1, -0.05) is 30.4 Å². The fraction of sp³-hybridized carbons (Fsp3) is 0.357. The molecule has 0 fully saturated rings. The van der Waals surface area contributed by atoms with E-state index in [9.17, 15) is 0 Å². The quantitative estimate of drug-likeness (QED) is 0.473. The molecule has 0 amide bonds. The van der Waals surface area contributed by atoms with Gasteiger partial charge in [0, 0.05) is 5.71 Å². The van der Waals surface area contributed by atoms with Crippen LogP contribution in [0.2, 0.25) is 0 Å². The van der Waals surface area contributed by atoms with Gasteiger partial charge in [0.25, 0.3) is 0 Å². The van der Waals surface area contributed by atoms with Crippen molar-refractivity contribution in [2.24, 2.45) is 4.99 Å². The number of hydrogen-bond acceptors (Lipinski definition) is 1. The van der Waals surface area contributed by atoms with Crippen molar-refractivity contribution in [3.05, 3.63) is 47.7 Å². The van der Waals surface area contributed by atoms with Crippen molar-refractivity contribution in [1.29, 1.82) is 0 Å². The van der Waals surface area contributed by atoms with Crippen molar-refractivity contribution in [3.63, 3.8) is 0 Å². The van der Waals surface area contributed by atoms with Gasteiger partial charge in [0.05, 0.1) is 5.70 Å². The lowest BCUT2D eigenvalue weighted by Gasteiger charge is -1.99. The summed E-state index contributed by atoms with van der Waals surface area (Å²) in [5.41, 5.74) is 4.16. The molecule has 0 spiro atoms. The van der Waals surface area contributed by atoms with Crippen LogP contribution >= 0.6 is 0 Å². The van der Waals surface area contributed by atoms with E-state index < -0.39 is 0 Å². The first-order valence-corrected chi connectivity index (χ1v) is 5.19. The predicted molar refractivity (Wildman–Crippen MR) is 70.3 cm³/mol. The Hall–Kier alpha value is -1.37. The molecule has 82 valence electrons. The molecule has 0 N–H and O–H groups in total. The van der Waals surface area contributed by atoms with Crippen LogP contribution in [0.15, 0.2) is 52.7 Å². The largest absolute Gasteiger partial charge is 0.254 e. The lowest BCUT2D eigenvalue weighted by Crippen LogP contribution is -1.88. The maximum absolute atomic E-state index is 4.39. The Morgan fingerprint density at radius 3 is 2.07 bits per heavy atom. The molecule has 0 rings (SSSR count). The molecule has 0 aromatic heterocycles. The van der Waals surface area contributed by atoms with Gasteiger partial charge < -0.3 is 0 Å². The molecule has 0 aromatic rings. The Balaban J connectivity index is 4.59. The van der Waals surface area contributed by atoms with Crippen LogP contribution in [0.5, 0.6) is 0 Å². The van der Waals surface area contributed by atoms with E-state index in [0.29, 0.717) is 0 Å². The monoisotopic (exact) mass is 203 g/mol. The van der Waals surface area contributed by atoms with E-state index in [1.807, 2.05) is 39.8 Å². The van der Waals surface area contributed by atoms with Gasteiger partial charge in [0.1, 0.15) is 0 Å². The van der Waals surface area contributed by atoms with Gasteiger partial charge in [0.15, 0.2) is 0 Å². The molecule has 0 aliphatic heterocycles. The average Bonchev–Trinajstić information content (AvgIpc) is 2.24. The molecule has 15 heavy (non-hydrogen) atoms. The summed E-state index contributed by atoms with van der Waals surface area (Å²) in [5.74, 6) is 0. The third-order valence-electron chi connectivity index (χ3n) is 2.24. The smallest absolute Gasteiger partial charge is 0.0586 e. The second-order valence-corrected chi connectivity index (χ2v) is 3.54. The summed E-state index contributed by atoms with van der Waals surface area (Å²) in [6.45, 7) is 14.0. The molecular formula is C14H21N. The van der Waals surface area contributed by atoms with Crippen LogP contribution in [0.1, 0.15) is 34.6 Å². The average molecular weight is 203 g/mol. The van der Waals surface area contributed by atoms with E-state index in [1.54, 1.807) is 0 Å². The number of nitrogens with zero attached hydrogens (tertiary/aromatic N) is 1.